The summed E-state index contributed by atoms with van der Waals surface area (Å²) in [5.74, 6) is -0.740. The highest BCUT2D eigenvalue weighted by Crippen LogP contribution is 2.29. The molecule has 0 heterocycles. The number of amides is 1. The van der Waals surface area contributed by atoms with E-state index in [1.807, 2.05) is 30.3 Å². The van der Waals surface area contributed by atoms with Gasteiger partial charge in [-0.2, -0.15) is 0 Å². The third kappa shape index (κ3) is 6.33. The number of thiocarbonyl (C=S) groups is 1. The quantitative estimate of drug-likeness (QED) is 0.430. The van der Waals surface area contributed by atoms with Gasteiger partial charge in [-0.25, -0.2) is 0 Å². The molecule has 0 fully saturated rings. The van der Waals surface area contributed by atoms with Crippen molar-refractivity contribution in [2.75, 3.05) is 11.2 Å². The summed E-state index contributed by atoms with van der Waals surface area (Å²) < 4.78 is -1.79. The molecule has 4 nitrogen and oxygen atoms in total. The first-order valence-corrected chi connectivity index (χ1v) is 7.45. The Kier molecular flexibility index (Phi) is 7.12. The highest BCUT2D eigenvalue weighted by atomic mass is 35.6. The van der Waals surface area contributed by atoms with Crippen molar-refractivity contribution in [3.63, 3.8) is 0 Å². The van der Waals surface area contributed by atoms with E-state index in [0.717, 1.165) is 5.69 Å². The predicted octanol–water partition coefficient (Wildman–Crippen LogP) is 3.02. The largest absolute Gasteiger partial charge is 0.339 e. The van der Waals surface area contributed by atoms with Gasteiger partial charge in [0.05, 0.1) is 0 Å². The van der Waals surface area contributed by atoms with E-state index in [1.165, 1.54) is 0 Å². The van der Waals surface area contributed by atoms with Gasteiger partial charge >= 0.3 is 0 Å². The van der Waals surface area contributed by atoms with Gasteiger partial charge in [0.1, 0.15) is 12.0 Å². The van der Waals surface area contributed by atoms with Gasteiger partial charge in [-0.05, 0) is 24.4 Å². The van der Waals surface area contributed by atoms with Crippen LogP contribution in [0.1, 0.15) is 0 Å². The zero-order valence-corrected chi connectivity index (χ0v) is 13.8. The first-order chi connectivity index (χ1) is 9.32. The Bertz CT molecular complexity index is 466. The molecule has 0 saturated heterocycles. The molecule has 110 valence electrons. The zero-order chi connectivity index (χ0) is 15.2. The molecular formula is C11H11Cl4N3OS. The normalized spacial score (nSPS) is 12.4. The van der Waals surface area contributed by atoms with E-state index in [4.69, 9.17) is 58.6 Å². The minimum Gasteiger partial charge on any atom is -0.339 e. The lowest BCUT2D eigenvalue weighted by molar-refractivity contribution is -0.119. The number of nitrogens with one attached hydrogen (secondary N) is 3. The molecule has 0 radical (unpaired) electrons. The molecule has 0 aliphatic carbocycles. The summed E-state index contributed by atoms with van der Waals surface area (Å²) in [4.78, 5) is 11.3. The van der Waals surface area contributed by atoms with E-state index in [0.29, 0.717) is 0 Å². The molecule has 0 spiro atoms. The van der Waals surface area contributed by atoms with Gasteiger partial charge in [0.25, 0.3) is 0 Å². The van der Waals surface area contributed by atoms with Gasteiger partial charge in [0, 0.05) is 5.69 Å². The van der Waals surface area contributed by atoms with Crippen molar-refractivity contribution in [3.05, 3.63) is 30.3 Å². The van der Waals surface area contributed by atoms with Gasteiger partial charge in [-0.15, -0.1) is 11.6 Å². The molecule has 9 heteroatoms. The number of halogens is 4. The van der Waals surface area contributed by atoms with Crippen molar-refractivity contribution >= 4 is 75.3 Å². The van der Waals surface area contributed by atoms with Crippen LogP contribution in [0.15, 0.2) is 30.3 Å². The van der Waals surface area contributed by atoms with E-state index >= 15 is 0 Å². The van der Waals surface area contributed by atoms with E-state index in [9.17, 15) is 4.79 Å². The van der Waals surface area contributed by atoms with Crippen LogP contribution in [0.25, 0.3) is 0 Å². The monoisotopic (exact) mass is 373 g/mol. The van der Waals surface area contributed by atoms with E-state index < -0.39 is 15.9 Å². The second-order valence-corrected chi connectivity index (χ2v) is 6.68. The minimum atomic E-state index is -1.79. The topological polar surface area (TPSA) is 53.2 Å². The van der Waals surface area contributed by atoms with E-state index in [1.54, 1.807) is 0 Å². The summed E-state index contributed by atoms with van der Waals surface area (Å²) in [5, 5.41) is 8.22. The third-order valence-electron chi connectivity index (χ3n) is 2.06. The Morgan fingerprint density at radius 1 is 1.20 bits per heavy atom. The van der Waals surface area contributed by atoms with Crippen LogP contribution >= 0.6 is 58.6 Å². The maximum absolute atomic E-state index is 11.3. The first-order valence-electron chi connectivity index (χ1n) is 5.37. The highest BCUT2D eigenvalue weighted by Gasteiger charge is 2.34. The van der Waals surface area contributed by atoms with Crippen molar-refractivity contribution < 1.29 is 4.79 Å². The molecule has 0 aliphatic rings. The fraction of sp³-hybridized carbons (Fsp3) is 0.273. The lowest BCUT2D eigenvalue weighted by atomic mass is 10.3. The molecule has 1 atom stereocenters. The lowest BCUT2D eigenvalue weighted by Crippen LogP contribution is -2.56. The average molecular weight is 375 g/mol. The Balaban J connectivity index is 2.65. The van der Waals surface area contributed by atoms with Gasteiger partial charge in [-0.3, -0.25) is 4.79 Å². The maximum atomic E-state index is 11.3. The zero-order valence-electron chi connectivity index (χ0n) is 10.00. The van der Waals surface area contributed by atoms with Crippen LogP contribution in [-0.4, -0.2) is 26.9 Å². The van der Waals surface area contributed by atoms with Crippen molar-refractivity contribution in [3.8, 4) is 0 Å². The SMILES string of the molecule is O=C(CCl)N[C@@H](NC(=S)Nc1ccccc1)C(Cl)(Cl)Cl. The van der Waals surface area contributed by atoms with Crippen LogP contribution in [-0.2, 0) is 4.79 Å². The van der Waals surface area contributed by atoms with Crippen LogP contribution in [0.4, 0.5) is 5.69 Å². The van der Waals surface area contributed by atoms with Crippen LogP contribution in [0.5, 0.6) is 0 Å². The molecule has 0 saturated carbocycles. The molecule has 0 aliphatic heterocycles. The van der Waals surface area contributed by atoms with E-state index in [-0.39, 0.29) is 11.0 Å². The second-order valence-electron chi connectivity index (χ2n) is 3.64. The molecule has 1 aromatic carbocycles. The molecule has 0 aromatic heterocycles. The minimum absolute atomic E-state index is 0.197. The summed E-state index contributed by atoms with van der Waals surface area (Å²) in [5.41, 5.74) is 0.761. The summed E-state index contributed by atoms with van der Waals surface area (Å²) >= 11 is 27.8. The number of anilines is 1. The Hall–Kier alpha value is -0.460. The number of para-hydroxylation sites is 1. The second kappa shape index (κ2) is 8.10. The molecule has 0 bridgehead atoms. The van der Waals surface area contributed by atoms with Crippen LogP contribution in [0.3, 0.4) is 0 Å². The summed E-state index contributed by atoms with van der Waals surface area (Å²) in [6.45, 7) is 0. The molecule has 0 unspecified atom stereocenters. The van der Waals surface area contributed by atoms with Crippen molar-refractivity contribution in [1.82, 2.24) is 10.6 Å². The summed E-state index contributed by atoms with van der Waals surface area (Å²) in [6.07, 6.45) is -1.01. The van der Waals surface area contributed by atoms with Gasteiger partial charge in [0.15, 0.2) is 5.11 Å². The number of alkyl halides is 4. The number of hydrogen-bond donors (Lipinski definition) is 3. The van der Waals surface area contributed by atoms with Crippen molar-refractivity contribution in [1.29, 1.82) is 0 Å². The fourth-order valence-electron chi connectivity index (χ4n) is 1.22. The molecule has 1 rings (SSSR count). The average Bonchev–Trinajstić information content (AvgIpc) is 2.37. The first kappa shape index (κ1) is 17.6. The molecule has 1 amide bonds. The van der Waals surface area contributed by atoms with Crippen molar-refractivity contribution in [2.24, 2.45) is 0 Å². The number of carbonyl (C=O) groups excluding carboxylic acids is 1. The highest BCUT2D eigenvalue weighted by molar-refractivity contribution is 7.80. The number of carbonyl (C=O) groups is 1. The third-order valence-corrected chi connectivity index (χ3v) is 3.18. The van der Waals surface area contributed by atoms with Crippen LogP contribution in [0, 0.1) is 0 Å². The van der Waals surface area contributed by atoms with Crippen molar-refractivity contribution in [2.45, 2.75) is 9.96 Å². The number of benzene rings is 1. The fourth-order valence-corrected chi connectivity index (χ4v) is 1.86. The smallest absolute Gasteiger partial charge is 0.236 e. The number of rotatable bonds is 4. The predicted molar refractivity (Wildman–Crippen MR) is 88.7 cm³/mol. The molecule has 1 aromatic rings. The Morgan fingerprint density at radius 3 is 2.30 bits per heavy atom. The van der Waals surface area contributed by atoms with Crippen LogP contribution < -0.4 is 16.0 Å². The Morgan fingerprint density at radius 2 is 1.80 bits per heavy atom. The molecule has 20 heavy (non-hydrogen) atoms. The Labute approximate surface area is 142 Å². The van der Waals surface area contributed by atoms with Gasteiger partial charge in [0.2, 0.25) is 9.70 Å². The summed E-state index contributed by atoms with van der Waals surface area (Å²) in [6, 6.07) is 9.18. The molecular weight excluding hydrogens is 364 g/mol. The number of hydrogen-bond acceptors (Lipinski definition) is 2. The lowest BCUT2D eigenvalue weighted by Gasteiger charge is -2.27. The standard InChI is InChI=1S/C11H11Cl4N3OS/c12-6-8(19)17-9(11(13,14)15)18-10(20)16-7-4-2-1-3-5-7/h1-5,9H,6H2,(H,17,19)(H2,16,18,20)/t9-/m0/s1. The summed E-state index contributed by atoms with van der Waals surface area (Å²) in [7, 11) is 0. The van der Waals surface area contributed by atoms with Gasteiger partial charge in [-0.1, -0.05) is 53.0 Å². The van der Waals surface area contributed by atoms with E-state index in [2.05, 4.69) is 16.0 Å². The van der Waals surface area contributed by atoms with Gasteiger partial charge < -0.3 is 16.0 Å². The van der Waals surface area contributed by atoms with Crippen LogP contribution in [0.2, 0.25) is 0 Å². The molecule has 3 N–H and O–H groups in total. The maximum Gasteiger partial charge on any atom is 0.236 e.